The van der Waals surface area contributed by atoms with Crippen LogP contribution in [0.4, 0.5) is 5.00 Å². The molecule has 0 bridgehead atoms. The van der Waals surface area contributed by atoms with Crippen molar-refractivity contribution >= 4 is 51.1 Å². The molecule has 0 fully saturated rings. The van der Waals surface area contributed by atoms with Gasteiger partial charge in [-0.1, -0.05) is 30.3 Å². The Bertz CT molecular complexity index is 1080. The Balaban J connectivity index is 1.60. The van der Waals surface area contributed by atoms with E-state index in [9.17, 15) is 4.79 Å². The maximum Gasteiger partial charge on any atom is 0.254 e. The maximum atomic E-state index is 13.1. The van der Waals surface area contributed by atoms with Crippen molar-refractivity contribution in [2.45, 2.75) is 32.2 Å². The van der Waals surface area contributed by atoms with Crippen LogP contribution in [0, 0.1) is 3.57 Å². The van der Waals surface area contributed by atoms with Gasteiger partial charge in [-0.15, -0.1) is 11.3 Å². The summed E-state index contributed by atoms with van der Waals surface area (Å²) in [6.07, 6.45) is 6.14. The number of benzene rings is 2. The quantitative estimate of drug-likeness (QED) is 0.318. The van der Waals surface area contributed by atoms with Crippen LogP contribution < -0.4 is 10.1 Å². The van der Waals surface area contributed by atoms with Crippen molar-refractivity contribution in [2.24, 2.45) is 4.99 Å². The highest BCUT2D eigenvalue weighted by Gasteiger charge is 2.25. The molecule has 1 aliphatic rings. The van der Waals surface area contributed by atoms with E-state index in [1.54, 1.807) is 18.4 Å². The SMILES string of the molecule is COc1ccc(/C=N\c2sc3c(c2C(=O)NCc2ccccc2)CCCC3)cc1I. The molecule has 6 heteroatoms. The molecule has 1 heterocycles. The Hall–Kier alpha value is -2.19. The first-order chi connectivity index (χ1) is 14.7. The molecule has 30 heavy (non-hydrogen) atoms. The standard InChI is InChI=1S/C24H23IN2O2S/c1-29-20-12-11-17(13-19(20)25)15-27-24-22(18-9-5-6-10-21(18)30-24)23(28)26-14-16-7-3-2-4-8-16/h2-4,7-8,11-13,15H,5-6,9-10,14H2,1H3,(H,26,28)/b27-15-. The van der Waals surface area contributed by atoms with Crippen molar-refractivity contribution in [1.82, 2.24) is 5.32 Å². The molecule has 154 valence electrons. The van der Waals surface area contributed by atoms with Gasteiger partial charge in [0.15, 0.2) is 0 Å². The highest BCUT2D eigenvalue weighted by Crippen LogP contribution is 2.40. The smallest absolute Gasteiger partial charge is 0.254 e. The summed E-state index contributed by atoms with van der Waals surface area (Å²) < 4.78 is 6.36. The summed E-state index contributed by atoms with van der Waals surface area (Å²) in [6.45, 7) is 0.518. The Morgan fingerprint density at radius 1 is 1.20 bits per heavy atom. The van der Waals surface area contributed by atoms with Gasteiger partial charge in [-0.25, -0.2) is 4.99 Å². The number of halogens is 1. The second kappa shape index (κ2) is 9.75. The molecule has 0 atom stereocenters. The van der Waals surface area contributed by atoms with Crippen LogP contribution in [0.2, 0.25) is 0 Å². The normalized spacial score (nSPS) is 13.3. The van der Waals surface area contributed by atoms with Gasteiger partial charge in [0.2, 0.25) is 0 Å². The van der Waals surface area contributed by atoms with Crippen LogP contribution in [0.1, 0.15) is 44.8 Å². The van der Waals surface area contributed by atoms with Crippen LogP contribution in [-0.2, 0) is 19.4 Å². The topological polar surface area (TPSA) is 50.7 Å². The molecule has 1 N–H and O–H groups in total. The fourth-order valence-corrected chi connectivity index (χ4v) is 5.63. The first-order valence-corrected chi connectivity index (χ1v) is 11.9. The number of thiophene rings is 1. The van der Waals surface area contributed by atoms with Crippen LogP contribution >= 0.6 is 33.9 Å². The number of carbonyl (C=O) groups is 1. The van der Waals surface area contributed by atoms with E-state index in [0.29, 0.717) is 6.54 Å². The Labute approximate surface area is 194 Å². The van der Waals surface area contributed by atoms with Crippen molar-refractivity contribution in [2.75, 3.05) is 7.11 Å². The lowest BCUT2D eigenvalue weighted by molar-refractivity contribution is 0.0951. The van der Waals surface area contributed by atoms with Crippen molar-refractivity contribution in [1.29, 1.82) is 0 Å². The number of hydrogen-bond acceptors (Lipinski definition) is 4. The molecule has 1 aliphatic carbocycles. The average Bonchev–Trinajstić information content (AvgIpc) is 3.15. The van der Waals surface area contributed by atoms with Crippen molar-refractivity contribution < 1.29 is 9.53 Å². The zero-order valence-electron chi connectivity index (χ0n) is 16.8. The average molecular weight is 530 g/mol. The number of aryl methyl sites for hydroxylation is 1. The molecule has 2 aromatic carbocycles. The molecule has 1 amide bonds. The van der Waals surface area contributed by atoms with Crippen LogP contribution in [0.3, 0.4) is 0 Å². The molecule has 0 aliphatic heterocycles. The summed E-state index contributed by atoms with van der Waals surface area (Å²) >= 11 is 3.91. The van der Waals surface area contributed by atoms with Crippen LogP contribution in [0.15, 0.2) is 53.5 Å². The lowest BCUT2D eigenvalue weighted by atomic mass is 9.95. The monoisotopic (exact) mass is 530 g/mol. The largest absolute Gasteiger partial charge is 0.496 e. The van der Waals surface area contributed by atoms with Crippen molar-refractivity contribution in [3.8, 4) is 5.75 Å². The minimum Gasteiger partial charge on any atom is -0.496 e. The summed E-state index contributed by atoms with van der Waals surface area (Å²) in [5.74, 6) is 0.815. The number of rotatable bonds is 6. The molecule has 1 aromatic heterocycles. The van der Waals surface area contributed by atoms with E-state index in [1.165, 1.54) is 16.9 Å². The lowest BCUT2D eigenvalue weighted by Crippen LogP contribution is -2.24. The zero-order valence-corrected chi connectivity index (χ0v) is 19.8. The van der Waals surface area contributed by atoms with E-state index < -0.39 is 0 Å². The van der Waals surface area contributed by atoms with Gasteiger partial charge in [0.1, 0.15) is 10.8 Å². The van der Waals surface area contributed by atoms with Gasteiger partial charge in [0.25, 0.3) is 5.91 Å². The van der Waals surface area contributed by atoms with E-state index in [1.807, 2.05) is 54.7 Å². The van der Waals surface area contributed by atoms with E-state index in [2.05, 4.69) is 27.9 Å². The summed E-state index contributed by atoms with van der Waals surface area (Å²) in [5.41, 5.74) is 4.02. The van der Waals surface area contributed by atoms with Gasteiger partial charge in [-0.05, 0) is 83.2 Å². The molecular formula is C24H23IN2O2S. The fourth-order valence-electron chi connectivity index (χ4n) is 3.64. The van der Waals surface area contributed by atoms with Crippen LogP contribution in [0.5, 0.6) is 5.75 Å². The second-order valence-corrected chi connectivity index (χ2v) is 9.46. The summed E-state index contributed by atoms with van der Waals surface area (Å²) in [7, 11) is 1.67. The number of carbonyl (C=O) groups excluding carboxylic acids is 1. The molecule has 0 unspecified atom stereocenters. The summed E-state index contributed by atoms with van der Waals surface area (Å²) in [5, 5.41) is 3.89. The number of ether oxygens (including phenoxy) is 1. The van der Waals surface area contributed by atoms with E-state index in [4.69, 9.17) is 9.73 Å². The van der Waals surface area contributed by atoms with Gasteiger partial charge >= 0.3 is 0 Å². The lowest BCUT2D eigenvalue weighted by Gasteiger charge is -2.12. The molecule has 3 aromatic rings. The van der Waals surface area contributed by atoms with Gasteiger partial charge in [-0.2, -0.15) is 0 Å². The number of amides is 1. The van der Waals surface area contributed by atoms with Gasteiger partial charge in [0.05, 0.1) is 16.2 Å². The predicted octanol–water partition coefficient (Wildman–Crippen LogP) is 5.92. The third-order valence-corrected chi connectivity index (χ3v) is 7.23. The van der Waals surface area contributed by atoms with Crippen LogP contribution in [0.25, 0.3) is 0 Å². The first kappa shape index (κ1) is 21.1. The molecule has 0 spiro atoms. The Kier molecular flexibility index (Phi) is 6.84. The Morgan fingerprint density at radius 2 is 2.00 bits per heavy atom. The van der Waals surface area contributed by atoms with Gasteiger partial charge < -0.3 is 10.1 Å². The van der Waals surface area contributed by atoms with Gasteiger partial charge in [0, 0.05) is 17.6 Å². The zero-order chi connectivity index (χ0) is 20.9. The number of fused-ring (bicyclic) bond motifs is 1. The minimum atomic E-state index is -0.0327. The highest BCUT2D eigenvalue weighted by molar-refractivity contribution is 14.1. The third-order valence-electron chi connectivity index (χ3n) is 5.18. The second-order valence-electron chi connectivity index (χ2n) is 7.21. The van der Waals surface area contributed by atoms with E-state index >= 15 is 0 Å². The molecule has 0 saturated heterocycles. The molecule has 4 rings (SSSR count). The molecule has 0 radical (unpaired) electrons. The number of aliphatic imine (C=N–C) groups is 1. The number of nitrogens with one attached hydrogen (secondary N) is 1. The summed E-state index contributed by atoms with van der Waals surface area (Å²) in [6, 6.07) is 15.9. The van der Waals surface area contributed by atoms with Crippen molar-refractivity contribution in [3.05, 3.63) is 79.2 Å². The first-order valence-electron chi connectivity index (χ1n) is 10.00. The van der Waals surface area contributed by atoms with E-state index in [-0.39, 0.29) is 5.91 Å². The molecule has 0 saturated carbocycles. The molecular weight excluding hydrogens is 507 g/mol. The maximum absolute atomic E-state index is 13.1. The fraction of sp³-hybridized carbons (Fsp3) is 0.250. The summed E-state index contributed by atoms with van der Waals surface area (Å²) in [4.78, 5) is 19.2. The number of hydrogen-bond donors (Lipinski definition) is 1. The van der Waals surface area contributed by atoms with Crippen molar-refractivity contribution in [3.63, 3.8) is 0 Å². The molecule has 4 nitrogen and oxygen atoms in total. The Morgan fingerprint density at radius 3 is 2.77 bits per heavy atom. The van der Waals surface area contributed by atoms with Gasteiger partial charge in [-0.3, -0.25) is 4.79 Å². The number of methoxy groups -OCH3 is 1. The van der Waals surface area contributed by atoms with Crippen LogP contribution in [-0.4, -0.2) is 19.2 Å². The third kappa shape index (κ3) is 4.75. The number of nitrogens with zero attached hydrogens (tertiary/aromatic N) is 1. The highest BCUT2D eigenvalue weighted by atomic mass is 127. The minimum absolute atomic E-state index is 0.0327. The van der Waals surface area contributed by atoms with E-state index in [0.717, 1.165) is 50.3 Å². The predicted molar refractivity (Wildman–Crippen MR) is 132 cm³/mol.